The smallest absolute Gasteiger partial charge is 0.109 e. The number of halogens is 1. The Morgan fingerprint density at radius 2 is 2.19 bits per heavy atom. The van der Waals surface area contributed by atoms with E-state index in [-0.39, 0.29) is 0 Å². The summed E-state index contributed by atoms with van der Waals surface area (Å²) < 4.78 is 0.927. The molecule has 0 aliphatic heterocycles. The monoisotopic (exact) mass is 284 g/mol. The minimum atomic E-state index is 0.522. The molecule has 0 saturated heterocycles. The van der Waals surface area contributed by atoms with Crippen LogP contribution >= 0.6 is 15.9 Å². The molecule has 0 fully saturated rings. The zero-order valence-electron chi connectivity index (χ0n) is 10.4. The van der Waals surface area contributed by atoms with Crippen LogP contribution in [0.5, 0.6) is 0 Å². The maximum atomic E-state index is 4.28. The van der Waals surface area contributed by atoms with Gasteiger partial charge in [0.1, 0.15) is 4.60 Å². The van der Waals surface area contributed by atoms with Crippen LogP contribution in [0.3, 0.4) is 0 Å². The summed E-state index contributed by atoms with van der Waals surface area (Å²) in [6.07, 6.45) is 7.01. The molecule has 0 amide bonds. The molecule has 1 aromatic rings. The molecule has 1 rings (SSSR count). The van der Waals surface area contributed by atoms with Gasteiger partial charge in [-0.25, -0.2) is 4.98 Å². The van der Waals surface area contributed by atoms with E-state index in [9.17, 15) is 0 Å². The summed E-state index contributed by atoms with van der Waals surface area (Å²) in [5.41, 5.74) is 2.29. The van der Waals surface area contributed by atoms with Gasteiger partial charge in [-0.05, 0) is 47.8 Å². The fourth-order valence-corrected chi connectivity index (χ4v) is 1.91. The summed E-state index contributed by atoms with van der Waals surface area (Å²) >= 11 is 3.41. The number of nitrogens with zero attached hydrogens (tertiary/aromatic N) is 1. The van der Waals surface area contributed by atoms with Crippen LogP contribution in [0.25, 0.3) is 0 Å². The molecular weight excluding hydrogens is 264 g/mol. The number of pyridine rings is 1. The zero-order chi connectivity index (χ0) is 12.0. The number of aryl methyl sites for hydroxylation is 1. The van der Waals surface area contributed by atoms with Gasteiger partial charge in [-0.15, -0.1) is 0 Å². The van der Waals surface area contributed by atoms with Crippen molar-refractivity contribution in [3.63, 3.8) is 0 Å². The Morgan fingerprint density at radius 1 is 1.44 bits per heavy atom. The maximum Gasteiger partial charge on any atom is 0.109 e. The molecule has 1 heterocycles. The number of nitrogens with one attached hydrogen (secondary N) is 1. The summed E-state index contributed by atoms with van der Waals surface area (Å²) in [5, 5.41) is 3.49. The number of aromatic nitrogens is 1. The molecule has 90 valence electrons. The van der Waals surface area contributed by atoms with Gasteiger partial charge in [0, 0.05) is 6.04 Å². The molecule has 3 heteroatoms. The number of rotatable bonds is 6. The summed E-state index contributed by atoms with van der Waals surface area (Å²) in [6.45, 7) is 6.52. The van der Waals surface area contributed by atoms with Crippen LogP contribution < -0.4 is 5.32 Å². The normalized spacial score (nSPS) is 12.5. The van der Waals surface area contributed by atoms with Gasteiger partial charge in [0.15, 0.2) is 0 Å². The molecule has 0 bridgehead atoms. The molecule has 16 heavy (non-hydrogen) atoms. The average molecular weight is 285 g/mol. The van der Waals surface area contributed by atoms with Crippen molar-refractivity contribution >= 4 is 21.6 Å². The highest BCUT2D eigenvalue weighted by molar-refractivity contribution is 9.10. The van der Waals surface area contributed by atoms with Gasteiger partial charge in [0.05, 0.1) is 11.9 Å². The van der Waals surface area contributed by atoms with Crippen LogP contribution in [0.15, 0.2) is 16.9 Å². The van der Waals surface area contributed by atoms with Gasteiger partial charge >= 0.3 is 0 Å². The molecule has 0 radical (unpaired) electrons. The first-order valence-corrected chi connectivity index (χ1v) is 6.81. The molecule has 0 saturated carbocycles. The van der Waals surface area contributed by atoms with Gasteiger partial charge in [0.2, 0.25) is 0 Å². The first-order valence-electron chi connectivity index (χ1n) is 6.02. The van der Waals surface area contributed by atoms with Crippen LogP contribution in [0.4, 0.5) is 5.69 Å². The predicted octanol–water partition coefficient (Wildman–Crippen LogP) is 4.53. The van der Waals surface area contributed by atoms with Crippen LogP contribution in [0.1, 0.15) is 45.1 Å². The Kier molecular flexibility index (Phi) is 5.81. The van der Waals surface area contributed by atoms with E-state index in [2.05, 4.69) is 53.1 Å². The number of unbranched alkanes of at least 4 members (excludes halogenated alkanes) is 2. The summed E-state index contributed by atoms with van der Waals surface area (Å²) in [6, 6.07) is 2.65. The number of hydrogen-bond donors (Lipinski definition) is 1. The fourth-order valence-electron chi connectivity index (χ4n) is 1.69. The zero-order valence-corrected chi connectivity index (χ0v) is 12.0. The lowest BCUT2D eigenvalue weighted by Crippen LogP contribution is -2.15. The lowest BCUT2D eigenvalue weighted by molar-refractivity contribution is 0.615. The van der Waals surface area contributed by atoms with Crippen molar-refractivity contribution in [1.82, 2.24) is 4.98 Å². The van der Waals surface area contributed by atoms with E-state index >= 15 is 0 Å². The molecule has 0 aliphatic carbocycles. The molecule has 1 N–H and O–H groups in total. The SMILES string of the molecule is CCCCCC(C)Nc1cnc(Br)c(C)c1. The van der Waals surface area contributed by atoms with Gasteiger partial charge < -0.3 is 5.32 Å². The van der Waals surface area contributed by atoms with E-state index in [1.165, 1.54) is 31.2 Å². The Labute approximate surface area is 107 Å². The highest BCUT2D eigenvalue weighted by Crippen LogP contribution is 2.18. The summed E-state index contributed by atoms with van der Waals surface area (Å²) in [7, 11) is 0. The molecule has 1 aromatic heterocycles. The van der Waals surface area contributed by atoms with Crippen LogP contribution in [0, 0.1) is 6.92 Å². The molecule has 2 nitrogen and oxygen atoms in total. The summed E-state index contributed by atoms with van der Waals surface area (Å²) in [4.78, 5) is 4.28. The lowest BCUT2D eigenvalue weighted by Gasteiger charge is -2.15. The molecule has 0 aromatic carbocycles. The third-order valence-corrected chi connectivity index (χ3v) is 3.50. The highest BCUT2D eigenvalue weighted by Gasteiger charge is 2.03. The Morgan fingerprint density at radius 3 is 2.81 bits per heavy atom. The molecule has 0 spiro atoms. The van der Waals surface area contributed by atoms with Crippen molar-refractivity contribution in [3.8, 4) is 0 Å². The van der Waals surface area contributed by atoms with E-state index in [0.717, 1.165) is 10.3 Å². The van der Waals surface area contributed by atoms with Crippen molar-refractivity contribution in [2.75, 3.05) is 5.32 Å². The van der Waals surface area contributed by atoms with Gasteiger partial charge in [-0.3, -0.25) is 0 Å². The second-order valence-electron chi connectivity index (χ2n) is 4.37. The maximum absolute atomic E-state index is 4.28. The average Bonchev–Trinajstić information content (AvgIpc) is 2.24. The van der Waals surface area contributed by atoms with Crippen molar-refractivity contribution < 1.29 is 0 Å². The molecular formula is C13H21BrN2. The van der Waals surface area contributed by atoms with Gasteiger partial charge in [-0.2, -0.15) is 0 Å². The number of hydrogen-bond acceptors (Lipinski definition) is 2. The first-order chi connectivity index (χ1) is 7.63. The topological polar surface area (TPSA) is 24.9 Å². The highest BCUT2D eigenvalue weighted by atomic mass is 79.9. The van der Waals surface area contributed by atoms with E-state index in [0.29, 0.717) is 6.04 Å². The van der Waals surface area contributed by atoms with Crippen molar-refractivity contribution in [1.29, 1.82) is 0 Å². The molecule has 0 aliphatic rings. The minimum absolute atomic E-state index is 0.522. The second-order valence-corrected chi connectivity index (χ2v) is 5.12. The number of anilines is 1. The van der Waals surface area contributed by atoms with Crippen LogP contribution in [-0.2, 0) is 0 Å². The van der Waals surface area contributed by atoms with E-state index < -0.39 is 0 Å². The van der Waals surface area contributed by atoms with Crippen molar-refractivity contribution in [3.05, 3.63) is 22.4 Å². The summed E-state index contributed by atoms with van der Waals surface area (Å²) in [5.74, 6) is 0. The third-order valence-electron chi connectivity index (χ3n) is 2.67. The van der Waals surface area contributed by atoms with E-state index in [4.69, 9.17) is 0 Å². The first kappa shape index (κ1) is 13.5. The fraction of sp³-hybridized carbons (Fsp3) is 0.615. The van der Waals surface area contributed by atoms with Crippen molar-refractivity contribution in [2.45, 2.75) is 52.5 Å². The lowest BCUT2D eigenvalue weighted by atomic mass is 10.1. The predicted molar refractivity (Wildman–Crippen MR) is 73.9 cm³/mol. The largest absolute Gasteiger partial charge is 0.381 e. The van der Waals surface area contributed by atoms with Crippen molar-refractivity contribution in [2.24, 2.45) is 0 Å². The van der Waals surface area contributed by atoms with Gasteiger partial charge in [0.25, 0.3) is 0 Å². The quantitative estimate of drug-likeness (QED) is 0.613. The minimum Gasteiger partial charge on any atom is -0.381 e. The Bertz CT molecular complexity index is 326. The van der Waals surface area contributed by atoms with Crippen LogP contribution in [0.2, 0.25) is 0 Å². The Balaban J connectivity index is 2.43. The van der Waals surface area contributed by atoms with Crippen LogP contribution in [-0.4, -0.2) is 11.0 Å². The standard InChI is InChI=1S/C13H21BrN2/c1-4-5-6-7-11(3)16-12-8-10(2)13(14)15-9-12/h8-9,11,16H,4-7H2,1-3H3. The molecule has 1 unspecified atom stereocenters. The van der Waals surface area contributed by atoms with E-state index in [1.54, 1.807) is 0 Å². The Hall–Kier alpha value is -0.570. The molecule has 1 atom stereocenters. The third kappa shape index (κ3) is 4.52. The van der Waals surface area contributed by atoms with E-state index in [1.807, 2.05) is 6.20 Å². The second kappa shape index (κ2) is 6.89. The van der Waals surface area contributed by atoms with Gasteiger partial charge in [-0.1, -0.05) is 26.2 Å².